The number of fused-ring (bicyclic) bond motifs is 2. The summed E-state index contributed by atoms with van der Waals surface area (Å²) in [7, 11) is 0. The van der Waals surface area contributed by atoms with E-state index in [1.807, 2.05) is 38.1 Å². The number of nitrogens with one attached hydrogen (secondary N) is 1. The molecule has 0 bridgehead atoms. The number of rotatable bonds is 0. The fourth-order valence-electron chi connectivity index (χ4n) is 2.18. The lowest BCUT2D eigenvalue weighted by molar-refractivity contribution is -0.186. The molecule has 0 aliphatic carbocycles. The van der Waals surface area contributed by atoms with E-state index in [0.717, 1.165) is 11.3 Å². The third kappa shape index (κ3) is 1.08. The molecule has 1 N–H and O–H groups in total. The summed E-state index contributed by atoms with van der Waals surface area (Å²) in [5.74, 6) is -1.46. The molecule has 1 saturated heterocycles. The lowest BCUT2D eigenvalue weighted by Gasteiger charge is -2.20. The molecule has 4 nitrogen and oxygen atoms in total. The molecule has 2 aliphatic heterocycles. The highest BCUT2D eigenvalue weighted by molar-refractivity contribution is 6.04. The summed E-state index contributed by atoms with van der Waals surface area (Å²) in [5.41, 5.74) is 1.55. The molecule has 3 rings (SSSR count). The molecule has 0 aromatic heterocycles. The van der Waals surface area contributed by atoms with Crippen molar-refractivity contribution in [1.29, 1.82) is 0 Å². The third-order valence-corrected chi connectivity index (χ3v) is 3.19. The molecule has 1 aromatic carbocycles. The van der Waals surface area contributed by atoms with Gasteiger partial charge in [-0.1, -0.05) is 18.2 Å². The van der Waals surface area contributed by atoms with Crippen molar-refractivity contribution in [3.05, 3.63) is 29.8 Å². The van der Waals surface area contributed by atoms with Crippen LogP contribution in [0.5, 0.6) is 0 Å². The summed E-state index contributed by atoms with van der Waals surface area (Å²) < 4.78 is 11.5. The van der Waals surface area contributed by atoms with Gasteiger partial charge in [0.1, 0.15) is 0 Å². The summed E-state index contributed by atoms with van der Waals surface area (Å²) in [6, 6.07) is 7.46. The van der Waals surface area contributed by atoms with Gasteiger partial charge in [-0.15, -0.1) is 0 Å². The number of carbonyl (C=O) groups excluding carboxylic acids is 1. The molecule has 16 heavy (non-hydrogen) atoms. The molecule has 1 spiro atoms. The van der Waals surface area contributed by atoms with Crippen molar-refractivity contribution in [3.8, 4) is 0 Å². The Bertz CT molecular complexity index is 447. The molecule has 3 atom stereocenters. The van der Waals surface area contributed by atoms with Gasteiger partial charge in [0.2, 0.25) is 0 Å². The van der Waals surface area contributed by atoms with Gasteiger partial charge < -0.3 is 14.8 Å². The van der Waals surface area contributed by atoms with Gasteiger partial charge in [0.15, 0.2) is 0 Å². The maximum absolute atomic E-state index is 12.0. The monoisotopic (exact) mass is 219 g/mol. The van der Waals surface area contributed by atoms with Crippen molar-refractivity contribution >= 4 is 11.6 Å². The minimum atomic E-state index is -1.23. The normalized spacial score (nSPS) is 36.5. The van der Waals surface area contributed by atoms with Crippen LogP contribution in [-0.4, -0.2) is 18.1 Å². The highest BCUT2D eigenvalue weighted by Crippen LogP contribution is 2.45. The van der Waals surface area contributed by atoms with Crippen molar-refractivity contribution in [2.24, 2.45) is 0 Å². The molecule has 0 radical (unpaired) electrons. The minimum absolute atomic E-state index is 0.0862. The minimum Gasteiger partial charge on any atom is -0.333 e. The molecule has 1 aromatic rings. The highest BCUT2D eigenvalue weighted by atomic mass is 16.8. The number of carbonyl (C=O) groups is 1. The summed E-state index contributed by atoms with van der Waals surface area (Å²) in [6.45, 7) is 3.82. The van der Waals surface area contributed by atoms with Gasteiger partial charge in [0.25, 0.3) is 11.7 Å². The van der Waals surface area contributed by atoms with E-state index in [9.17, 15) is 4.79 Å². The Morgan fingerprint density at radius 1 is 1.19 bits per heavy atom. The van der Waals surface area contributed by atoms with E-state index in [4.69, 9.17) is 9.47 Å². The zero-order valence-electron chi connectivity index (χ0n) is 9.19. The van der Waals surface area contributed by atoms with E-state index in [1.165, 1.54) is 0 Å². The molecular formula is C12H13NO3. The largest absolute Gasteiger partial charge is 0.333 e. The van der Waals surface area contributed by atoms with Gasteiger partial charge in [0, 0.05) is 5.56 Å². The Kier molecular flexibility index (Phi) is 1.87. The van der Waals surface area contributed by atoms with Crippen LogP contribution in [0.1, 0.15) is 19.4 Å². The first-order valence-electron chi connectivity index (χ1n) is 5.40. The lowest BCUT2D eigenvalue weighted by atomic mass is 10.1. The molecule has 4 heteroatoms. The van der Waals surface area contributed by atoms with E-state index in [0.29, 0.717) is 0 Å². The second kappa shape index (κ2) is 3.06. The number of anilines is 1. The zero-order valence-corrected chi connectivity index (χ0v) is 9.19. The summed E-state index contributed by atoms with van der Waals surface area (Å²) in [4.78, 5) is 12.0. The van der Waals surface area contributed by atoms with E-state index in [1.54, 1.807) is 0 Å². The average Bonchev–Trinajstić information content (AvgIpc) is 2.69. The van der Waals surface area contributed by atoms with Crippen molar-refractivity contribution < 1.29 is 14.3 Å². The van der Waals surface area contributed by atoms with Crippen LogP contribution in [0, 0.1) is 0 Å². The number of amides is 1. The van der Waals surface area contributed by atoms with Gasteiger partial charge in [-0.25, -0.2) is 0 Å². The maximum Gasteiger partial charge on any atom is 0.289 e. The van der Waals surface area contributed by atoms with Crippen molar-refractivity contribution in [2.45, 2.75) is 31.8 Å². The van der Waals surface area contributed by atoms with Crippen molar-refractivity contribution in [3.63, 3.8) is 0 Å². The number of hydrogen-bond acceptors (Lipinski definition) is 3. The number of ether oxygens (including phenoxy) is 2. The lowest BCUT2D eigenvalue weighted by Crippen LogP contribution is -2.36. The zero-order chi connectivity index (χ0) is 11.3. The molecule has 2 aliphatic rings. The van der Waals surface area contributed by atoms with Crippen LogP contribution < -0.4 is 5.32 Å². The predicted octanol–water partition coefficient (Wildman–Crippen LogP) is 1.62. The first kappa shape index (κ1) is 9.81. The molecular weight excluding hydrogens is 206 g/mol. The van der Waals surface area contributed by atoms with Crippen molar-refractivity contribution in [2.75, 3.05) is 5.32 Å². The van der Waals surface area contributed by atoms with E-state index >= 15 is 0 Å². The quantitative estimate of drug-likeness (QED) is 0.721. The van der Waals surface area contributed by atoms with Crippen LogP contribution in [-0.2, 0) is 20.1 Å². The average molecular weight is 219 g/mol. The second-order valence-electron chi connectivity index (χ2n) is 4.26. The van der Waals surface area contributed by atoms with Crippen LogP contribution >= 0.6 is 0 Å². The van der Waals surface area contributed by atoms with E-state index in [2.05, 4.69) is 5.32 Å². The molecule has 84 valence electrons. The SMILES string of the molecule is C[C@@H]1OC2(O[C@@H]1C)C(=O)Nc1ccccc12. The second-order valence-corrected chi connectivity index (χ2v) is 4.26. The Balaban J connectivity index is 2.12. The van der Waals surface area contributed by atoms with Gasteiger partial charge in [0.05, 0.1) is 17.9 Å². The Hall–Kier alpha value is -1.39. The summed E-state index contributed by atoms with van der Waals surface area (Å²) in [6.07, 6.45) is -0.172. The first-order valence-corrected chi connectivity index (χ1v) is 5.40. The topological polar surface area (TPSA) is 47.6 Å². The predicted molar refractivity (Wildman–Crippen MR) is 57.8 cm³/mol. The number of benzene rings is 1. The van der Waals surface area contributed by atoms with Crippen LogP contribution in [0.4, 0.5) is 5.69 Å². The van der Waals surface area contributed by atoms with Crippen molar-refractivity contribution in [1.82, 2.24) is 0 Å². The molecule has 0 saturated carbocycles. The Morgan fingerprint density at radius 2 is 1.81 bits per heavy atom. The van der Waals surface area contributed by atoms with Crippen LogP contribution in [0.2, 0.25) is 0 Å². The molecule has 2 heterocycles. The van der Waals surface area contributed by atoms with Crippen LogP contribution in [0.15, 0.2) is 24.3 Å². The van der Waals surface area contributed by atoms with Gasteiger partial charge >= 0.3 is 0 Å². The standard InChI is InChI=1S/C12H13NO3/c1-7-8(2)16-12(15-7)9-5-3-4-6-10(9)13-11(12)14/h3-8H,1-2H3,(H,13,14)/t7-,8+,12?. The van der Waals surface area contributed by atoms with Gasteiger partial charge in [-0.2, -0.15) is 0 Å². The third-order valence-electron chi connectivity index (χ3n) is 3.19. The smallest absolute Gasteiger partial charge is 0.289 e. The Labute approximate surface area is 93.5 Å². The fraction of sp³-hybridized carbons (Fsp3) is 0.417. The first-order chi connectivity index (χ1) is 7.63. The highest BCUT2D eigenvalue weighted by Gasteiger charge is 2.56. The number of hydrogen-bond donors (Lipinski definition) is 1. The van der Waals surface area contributed by atoms with Crippen LogP contribution in [0.25, 0.3) is 0 Å². The maximum atomic E-state index is 12.0. The molecule has 1 fully saturated rings. The molecule has 1 amide bonds. The van der Waals surface area contributed by atoms with E-state index in [-0.39, 0.29) is 18.1 Å². The van der Waals surface area contributed by atoms with Gasteiger partial charge in [-0.05, 0) is 19.9 Å². The molecule has 1 unspecified atom stereocenters. The Morgan fingerprint density at radius 3 is 2.50 bits per heavy atom. The van der Waals surface area contributed by atoms with Crippen LogP contribution in [0.3, 0.4) is 0 Å². The van der Waals surface area contributed by atoms with E-state index < -0.39 is 5.79 Å². The summed E-state index contributed by atoms with van der Waals surface area (Å²) >= 11 is 0. The number of para-hydroxylation sites is 1. The fourth-order valence-corrected chi connectivity index (χ4v) is 2.18. The van der Waals surface area contributed by atoms with Gasteiger partial charge in [-0.3, -0.25) is 4.79 Å². The summed E-state index contributed by atoms with van der Waals surface area (Å²) in [5, 5.41) is 2.78.